The largest absolute Gasteiger partial charge is 2.00 e. The Kier molecular flexibility index (Phi) is 19.9. The standard InChI is InChI=1S/C16H26N6O3.Cu.2NO3/c23-16(14-2-4-15(5-3-14)22(24)25)21-12-19-10-8-17-6-1-7-18-9-11-20-13-21;;2*2-1(3)4/h2-5,17-20H,1,6-13H2;;;/q;+2;2*-1. The summed E-state index contributed by atoms with van der Waals surface area (Å²) in [5.41, 5.74) is 0.414. The SMILES string of the molecule is O=C(c1ccc([N+](=O)[O-])cc1)N1CNCCNCCCNCCNC1.O=[N+]([O-])[O-].O=[N+]([O-])[O-].[Cu+2]. The first-order valence-corrected chi connectivity index (χ1v) is 9.64. The Morgan fingerprint density at radius 1 is 0.706 bits per heavy atom. The van der Waals surface area contributed by atoms with Crippen molar-refractivity contribution >= 4 is 11.6 Å². The van der Waals surface area contributed by atoms with Crippen molar-refractivity contribution in [3.8, 4) is 0 Å². The molecule has 1 aromatic rings. The van der Waals surface area contributed by atoms with Crippen LogP contribution in [0, 0.1) is 40.8 Å². The zero-order valence-corrected chi connectivity index (χ0v) is 18.9. The number of rotatable bonds is 2. The van der Waals surface area contributed by atoms with E-state index in [2.05, 4.69) is 21.3 Å². The molecule has 1 saturated heterocycles. The molecule has 34 heavy (non-hydrogen) atoms. The maximum atomic E-state index is 12.7. The maximum Gasteiger partial charge on any atom is 2.00 e. The molecule has 2 rings (SSSR count). The second kappa shape index (κ2) is 20.5. The van der Waals surface area contributed by atoms with Crippen LogP contribution in [0.15, 0.2) is 24.3 Å². The molecule has 0 bridgehead atoms. The van der Waals surface area contributed by atoms with Crippen molar-refractivity contribution in [2.24, 2.45) is 0 Å². The van der Waals surface area contributed by atoms with Crippen molar-refractivity contribution in [1.29, 1.82) is 0 Å². The summed E-state index contributed by atoms with van der Waals surface area (Å²) in [6.45, 7) is 5.96. The average molecular weight is 538 g/mol. The Hall–Kier alpha value is -3.15. The summed E-state index contributed by atoms with van der Waals surface area (Å²) in [6.07, 6.45) is 1.09. The number of nitro groups is 1. The molecular formula is C16H26CuN8O9. The van der Waals surface area contributed by atoms with Crippen LogP contribution in [0.5, 0.6) is 0 Å². The number of carbonyl (C=O) groups is 1. The van der Waals surface area contributed by atoms with Gasteiger partial charge in [-0.3, -0.25) is 25.5 Å². The van der Waals surface area contributed by atoms with Gasteiger partial charge >= 0.3 is 17.1 Å². The van der Waals surface area contributed by atoms with E-state index in [0.717, 1.165) is 45.7 Å². The van der Waals surface area contributed by atoms with Crippen LogP contribution in [0.4, 0.5) is 5.69 Å². The van der Waals surface area contributed by atoms with Crippen molar-refractivity contribution in [3.63, 3.8) is 0 Å². The van der Waals surface area contributed by atoms with E-state index in [9.17, 15) is 14.9 Å². The van der Waals surface area contributed by atoms with E-state index in [1.54, 1.807) is 4.90 Å². The van der Waals surface area contributed by atoms with E-state index in [0.29, 0.717) is 18.9 Å². The Balaban J connectivity index is 0. The predicted octanol–water partition coefficient (Wildman–Crippen LogP) is -0.767. The molecule has 0 spiro atoms. The maximum absolute atomic E-state index is 12.7. The van der Waals surface area contributed by atoms with Crippen LogP contribution in [-0.4, -0.2) is 78.5 Å². The van der Waals surface area contributed by atoms with Gasteiger partial charge in [-0.15, -0.1) is 0 Å². The quantitative estimate of drug-likeness (QED) is 0.206. The third-order valence-electron chi connectivity index (χ3n) is 3.88. The first-order valence-electron chi connectivity index (χ1n) is 9.64. The molecule has 18 heteroatoms. The summed E-state index contributed by atoms with van der Waals surface area (Å²) in [6, 6.07) is 5.70. The van der Waals surface area contributed by atoms with Crippen molar-refractivity contribution in [2.75, 3.05) is 52.6 Å². The van der Waals surface area contributed by atoms with Crippen molar-refractivity contribution < 1.29 is 37.0 Å². The van der Waals surface area contributed by atoms with Gasteiger partial charge in [0.05, 0.1) is 28.4 Å². The van der Waals surface area contributed by atoms with Gasteiger partial charge in [0.15, 0.2) is 0 Å². The fourth-order valence-electron chi connectivity index (χ4n) is 2.48. The van der Waals surface area contributed by atoms with E-state index in [1.165, 1.54) is 24.3 Å². The molecule has 1 fully saturated rings. The van der Waals surface area contributed by atoms with Gasteiger partial charge in [0, 0.05) is 43.9 Å². The molecule has 1 aliphatic heterocycles. The minimum atomic E-state index is -1.75. The van der Waals surface area contributed by atoms with E-state index in [4.69, 9.17) is 30.6 Å². The molecule has 0 atom stereocenters. The van der Waals surface area contributed by atoms with Crippen molar-refractivity contribution in [1.82, 2.24) is 26.2 Å². The molecule has 0 unspecified atom stereocenters. The summed E-state index contributed by atoms with van der Waals surface area (Å²) in [4.78, 5) is 41.1. The Bertz CT molecular complexity index is 708. The molecule has 0 aliphatic carbocycles. The van der Waals surface area contributed by atoms with Crippen molar-refractivity contribution in [2.45, 2.75) is 6.42 Å². The second-order valence-corrected chi connectivity index (χ2v) is 6.27. The van der Waals surface area contributed by atoms with E-state index < -0.39 is 15.1 Å². The smallest absolute Gasteiger partial charge is 0.356 e. The molecule has 1 aliphatic rings. The Morgan fingerprint density at radius 2 is 1.09 bits per heavy atom. The normalized spacial score (nSPS) is 14.9. The number of amides is 1. The average Bonchev–Trinajstić information content (AvgIpc) is 2.74. The van der Waals surface area contributed by atoms with Crippen LogP contribution in [-0.2, 0) is 17.1 Å². The molecule has 195 valence electrons. The molecular weight excluding hydrogens is 512 g/mol. The topological polar surface area (TPSA) is 244 Å². The number of benzene rings is 1. The van der Waals surface area contributed by atoms with Gasteiger partial charge in [0.25, 0.3) is 11.6 Å². The Morgan fingerprint density at radius 3 is 1.47 bits per heavy atom. The molecule has 0 aromatic heterocycles. The summed E-state index contributed by atoms with van der Waals surface area (Å²) in [7, 11) is 0. The molecule has 4 N–H and O–H groups in total. The van der Waals surface area contributed by atoms with Gasteiger partial charge in [-0.1, -0.05) is 0 Å². The number of nitrogens with one attached hydrogen (secondary N) is 4. The predicted molar refractivity (Wildman–Crippen MR) is 116 cm³/mol. The van der Waals surface area contributed by atoms with E-state index in [1.807, 2.05) is 0 Å². The number of non-ortho nitro benzene ring substituents is 1. The number of nitrogens with zero attached hydrogens (tertiary/aromatic N) is 4. The van der Waals surface area contributed by atoms with Crippen LogP contribution in [0.25, 0.3) is 0 Å². The summed E-state index contributed by atoms with van der Waals surface area (Å²) >= 11 is 0. The van der Waals surface area contributed by atoms with Gasteiger partial charge in [-0.2, -0.15) is 0 Å². The third-order valence-corrected chi connectivity index (χ3v) is 3.88. The van der Waals surface area contributed by atoms with Gasteiger partial charge in [0.1, 0.15) is 0 Å². The molecule has 0 saturated carbocycles. The summed E-state index contributed by atoms with van der Waals surface area (Å²) < 4.78 is 0. The minimum absolute atomic E-state index is 0. The van der Waals surface area contributed by atoms with Gasteiger partial charge in [-0.25, -0.2) is 0 Å². The van der Waals surface area contributed by atoms with E-state index in [-0.39, 0.29) is 28.7 Å². The van der Waals surface area contributed by atoms with Crippen LogP contribution < -0.4 is 21.3 Å². The number of hydrogen-bond donors (Lipinski definition) is 4. The molecule has 1 heterocycles. The number of nitro benzene ring substituents is 1. The second-order valence-electron chi connectivity index (χ2n) is 6.27. The van der Waals surface area contributed by atoms with Crippen LogP contribution in [0.2, 0.25) is 0 Å². The Labute approximate surface area is 204 Å². The first kappa shape index (κ1) is 33.0. The van der Waals surface area contributed by atoms with Crippen LogP contribution in [0.3, 0.4) is 0 Å². The van der Waals surface area contributed by atoms with Gasteiger partial charge in [-0.05, 0) is 31.6 Å². The number of hydrogen-bond acceptors (Lipinski definition) is 13. The first-order chi connectivity index (χ1) is 15.6. The zero-order chi connectivity index (χ0) is 25.1. The number of carbonyl (C=O) groups excluding carboxylic acids is 1. The summed E-state index contributed by atoms with van der Waals surface area (Å²) in [5, 5.41) is 53.4. The molecule has 1 amide bonds. The van der Waals surface area contributed by atoms with Gasteiger partial charge in [0.2, 0.25) is 0 Å². The third kappa shape index (κ3) is 18.4. The van der Waals surface area contributed by atoms with Crippen LogP contribution >= 0.6 is 0 Å². The zero-order valence-electron chi connectivity index (χ0n) is 17.9. The monoisotopic (exact) mass is 537 g/mol. The molecule has 1 aromatic carbocycles. The molecule has 1 radical (unpaired) electrons. The fraction of sp³-hybridized carbons (Fsp3) is 0.562. The van der Waals surface area contributed by atoms with Crippen LogP contribution in [0.1, 0.15) is 16.8 Å². The van der Waals surface area contributed by atoms with E-state index >= 15 is 0 Å². The molecule has 17 nitrogen and oxygen atoms in total. The summed E-state index contributed by atoms with van der Waals surface area (Å²) in [5.74, 6) is -0.164. The minimum Gasteiger partial charge on any atom is -0.356 e. The van der Waals surface area contributed by atoms with Gasteiger partial charge < -0.3 is 46.2 Å². The van der Waals surface area contributed by atoms with Crippen molar-refractivity contribution in [3.05, 3.63) is 70.6 Å². The fourth-order valence-corrected chi connectivity index (χ4v) is 2.48.